The van der Waals surface area contributed by atoms with E-state index in [4.69, 9.17) is 5.11 Å². The Balaban J connectivity index is 0. The van der Waals surface area contributed by atoms with E-state index >= 15 is 0 Å². The van der Waals surface area contributed by atoms with Gasteiger partial charge in [-0.2, -0.15) is 0 Å². The summed E-state index contributed by atoms with van der Waals surface area (Å²) in [6, 6.07) is 5.03. The SMILES string of the molecule is CCCc1cccc(O)c1O.[NaH].[NaH]. The van der Waals surface area contributed by atoms with E-state index in [1.165, 1.54) is 6.07 Å². The Morgan fingerprint density at radius 1 is 1.15 bits per heavy atom. The zero-order chi connectivity index (χ0) is 8.27. The quantitative estimate of drug-likeness (QED) is 0.546. The first-order valence-corrected chi connectivity index (χ1v) is 3.75. The second-order valence-electron chi connectivity index (χ2n) is 2.53. The number of rotatable bonds is 2. The minimum absolute atomic E-state index is 0. The molecule has 0 bridgehead atoms. The Morgan fingerprint density at radius 3 is 2.31 bits per heavy atom. The molecule has 0 fully saturated rings. The van der Waals surface area contributed by atoms with Gasteiger partial charge in [0.1, 0.15) is 0 Å². The second-order valence-corrected chi connectivity index (χ2v) is 2.53. The Morgan fingerprint density at radius 2 is 1.77 bits per heavy atom. The van der Waals surface area contributed by atoms with Crippen LogP contribution in [0.4, 0.5) is 0 Å². The third kappa shape index (κ3) is 4.73. The van der Waals surface area contributed by atoms with Crippen molar-refractivity contribution in [2.45, 2.75) is 19.8 Å². The molecular formula is C9H14Na2O2. The molecule has 13 heavy (non-hydrogen) atoms. The molecule has 0 radical (unpaired) electrons. The standard InChI is InChI=1S/C9H12O2.2Na.2H/c1-2-4-7-5-3-6-8(10)9(7)11;;;;/h3,5-6,10-11H,2,4H2,1H3;;;;. The van der Waals surface area contributed by atoms with Gasteiger partial charge >= 0.3 is 59.1 Å². The van der Waals surface area contributed by atoms with Crippen molar-refractivity contribution < 1.29 is 10.2 Å². The maximum absolute atomic E-state index is 9.28. The van der Waals surface area contributed by atoms with Gasteiger partial charge in [-0.1, -0.05) is 25.5 Å². The fourth-order valence-corrected chi connectivity index (χ4v) is 1.05. The zero-order valence-electron chi connectivity index (χ0n) is 6.54. The van der Waals surface area contributed by atoms with Crippen molar-refractivity contribution >= 4 is 59.1 Å². The van der Waals surface area contributed by atoms with Crippen LogP contribution in [0.25, 0.3) is 0 Å². The summed E-state index contributed by atoms with van der Waals surface area (Å²) in [5, 5.41) is 18.4. The average Bonchev–Trinajstić information content (AvgIpc) is 1.99. The number of hydrogen-bond donors (Lipinski definition) is 2. The van der Waals surface area contributed by atoms with Crippen LogP contribution >= 0.6 is 0 Å². The van der Waals surface area contributed by atoms with Gasteiger partial charge < -0.3 is 10.2 Å². The predicted molar refractivity (Wildman–Crippen MR) is 58.1 cm³/mol. The molecule has 0 aliphatic rings. The molecule has 0 aromatic heterocycles. The Labute approximate surface area is 123 Å². The van der Waals surface area contributed by atoms with Crippen LogP contribution < -0.4 is 0 Å². The van der Waals surface area contributed by atoms with Gasteiger partial charge in [0, 0.05) is 0 Å². The molecule has 4 heteroatoms. The first-order valence-electron chi connectivity index (χ1n) is 3.75. The summed E-state index contributed by atoms with van der Waals surface area (Å²) < 4.78 is 0. The van der Waals surface area contributed by atoms with E-state index in [-0.39, 0.29) is 70.6 Å². The molecule has 0 unspecified atom stereocenters. The van der Waals surface area contributed by atoms with Crippen LogP contribution in [-0.4, -0.2) is 69.3 Å². The summed E-state index contributed by atoms with van der Waals surface area (Å²) in [6.45, 7) is 2.03. The van der Waals surface area contributed by atoms with E-state index in [0.29, 0.717) is 0 Å². The van der Waals surface area contributed by atoms with Gasteiger partial charge in [-0.3, -0.25) is 0 Å². The third-order valence-corrected chi connectivity index (χ3v) is 1.62. The van der Waals surface area contributed by atoms with Crippen LogP contribution in [0.5, 0.6) is 11.5 Å². The molecule has 0 aliphatic carbocycles. The molecule has 2 nitrogen and oxygen atoms in total. The molecule has 0 saturated carbocycles. The predicted octanol–water partition coefficient (Wildman–Crippen LogP) is 0.753. The number of para-hydroxylation sites is 1. The molecule has 0 atom stereocenters. The Bertz CT molecular complexity index is 251. The van der Waals surface area contributed by atoms with Crippen LogP contribution in [0.2, 0.25) is 0 Å². The van der Waals surface area contributed by atoms with Crippen molar-refractivity contribution in [2.75, 3.05) is 0 Å². The summed E-state index contributed by atoms with van der Waals surface area (Å²) in [7, 11) is 0. The van der Waals surface area contributed by atoms with Gasteiger partial charge in [0.15, 0.2) is 11.5 Å². The van der Waals surface area contributed by atoms with Gasteiger partial charge in [-0.05, 0) is 18.1 Å². The number of phenolic OH excluding ortho intramolecular Hbond substituents is 2. The van der Waals surface area contributed by atoms with Gasteiger partial charge in [-0.15, -0.1) is 0 Å². The summed E-state index contributed by atoms with van der Waals surface area (Å²) in [5.74, 6) is -0.00898. The summed E-state index contributed by atoms with van der Waals surface area (Å²) in [6.07, 6.45) is 1.78. The van der Waals surface area contributed by atoms with Crippen LogP contribution in [0.15, 0.2) is 18.2 Å². The molecule has 2 N–H and O–H groups in total. The number of phenols is 2. The topological polar surface area (TPSA) is 40.5 Å². The number of hydrogen-bond acceptors (Lipinski definition) is 2. The molecule has 0 saturated heterocycles. The van der Waals surface area contributed by atoms with Gasteiger partial charge in [-0.25, -0.2) is 0 Å². The first kappa shape index (κ1) is 16.3. The van der Waals surface area contributed by atoms with Gasteiger partial charge in [0.2, 0.25) is 0 Å². The number of aryl methyl sites for hydroxylation is 1. The normalized spacial score (nSPS) is 8.38. The molecule has 1 rings (SSSR count). The Kier molecular flexibility index (Phi) is 10.2. The van der Waals surface area contributed by atoms with Crippen molar-refractivity contribution in [3.05, 3.63) is 23.8 Å². The van der Waals surface area contributed by atoms with E-state index in [9.17, 15) is 5.11 Å². The average molecular weight is 200 g/mol. The van der Waals surface area contributed by atoms with Crippen molar-refractivity contribution in [1.82, 2.24) is 0 Å². The molecule has 0 spiro atoms. The van der Waals surface area contributed by atoms with Crippen LogP contribution in [0.1, 0.15) is 18.9 Å². The fourth-order valence-electron chi connectivity index (χ4n) is 1.05. The van der Waals surface area contributed by atoms with Crippen LogP contribution in [0.3, 0.4) is 0 Å². The molecule has 0 aliphatic heterocycles. The molecule has 64 valence electrons. The monoisotopic (exact) mass is 200 g/mol. The van der Waals surface area contributed by atoms with Crippen molar-refractivity contribution in [3.63, 3.8) is 0 Å². The van der Waals surface area contributed by atoms with Crippen molar-refractivity contribution in [3.8, 4) is 11.5 Å². The van der Waals surface area contributed by atoms with E-state index in [1.807, 2.05) is 13.0 Å². The van der Waals surface area contributed by atoms with Gasteiger partial charge in [0.25, 0.3) is 0 Å². The van der Waals surface area contributed by atoms with Crippen molar-refractivity contribution in [2.24, 2.45) is 0 Å². The van der Waals surface area contributed by atoms with E-state index < -0.39 is 0 Å². The van der Waals surface area contributed by atoms with E-state index in [2.05, 4.69) is 0 Å². The summed E-state index contributed by atoms with van der Waals surface area (Å²) >= 11 is 0. The molecule has 1 aromatic carbocycles. The van der Waals surface area contributed by atoms with Gasteiger partial charge in [0.05, 0.1) is 0 Å². The van der Waals surface area contributed by atoms with Crippen LogP contribution in [-0.2, 0) is 6.42 Å². The summed E-state index contributed by atoms with van der Waals surface area (Å²) in [4.78, 5) is 0. The molecular weight excluding hydrogens is 186 g/mol. The van der Waals surface area contributed by atoms with Crippen molar-refractivity contribution in [1.29, 1.82) is 0 Å². The molecule has 0 amide bonds. The first-order chi connectivity index (χ1) is 5.25. The second kappa shape index (κ2) is 8.16. The zero-order valence-corrected chi connectivity index (χ0v) is 6.54. The number of benzene rings is 1. The van der Waals surface area contributed by atoms with Crippen LogP contribution in [0, 0.1) is 0 Å². The minimum atomic E-state index is -0.0315. The maximum atomic E-state index is 9.28. The van der Waals surface area contributed by atoms with E-state index in [0.717, 1.165) is 18.4 Å². The summed E-state index contributed by atoms with van der Waals surface area (Å²) in [5.41, 5.74) is 0.813. The number of aromatic hydroxyl groups is 2. The Hall–Kier alpha value is 0.820. The molecule has 0 heterocycles. The third-order valence-electron chi connectivity index (χ3n) is 1.62. The van der Waals surface area contributed by atoms with E-state index in [1.54, 1.807) is 6.07 Å². The fraction of sp³-hybridized carbons (Fsp3) is 0.333. The molecule has 1 aromatic rings.